The number of benzene rings is 1. The molecular weight excluding hydrogens is 316 g/mol. The fourth-order valence-corrected chi connectivity index (χ4v) is 2.84. The summed E-state index contributed by atoms with van der Waals surface area (Å²) in [6.45, 7) is 0.741. The molecule has 2 unspecified atom stereocenters. The topological polar surface area (TPSA) is 21.3 Å². The van der Waals surface area contributed by atoms with Gasteiger partial charge in [-0.15, -0.1) is 0 Å². The quantitative estimate of drug-likeness (QED) is 0.842. The molecule has 1 N–H and O–H groups in total. The van der Waals surface area contributed by atoms with Crippen LogP contribution in [0.2, 0.25) is 0 Å². The van der Waals surface area contributed by atoms with E-state index in [1.54, 1.807) is 7.05 Å². The van der Waals surface area contributed by atoms with E-state index in [0.29, 0.717) is 6.42 Å². The van der Waals surface area contributed by atoms with E-state index in [4.69, 9.17) is 4.74 Å². The zero-order chi connectivity index (χ0) is 13.8. The SMILES string of the molecule is CNC(CC1CCCCO1)c1c(F)ccc(Br)c1F. The first-order valence-electron chi connectivity index (χ1n) is 6.55. The van der Waals surface area contributed by atoms with E-state index in [2.05, 4.69) is 21.2 Å². The highest BCUT2D eigenvalue weighted by Crippen LogP contribution is 2.31. The highest BCUT2D eigenvalue weighted by Gasteiger charge is 2.25. The molecule has 0 aliphatic carbocycles. The molecule has 19 heavy (non-hydrogen) atoms. The van der Waals surface area contributed by atoms with Crippen molar-refractivity contribution in [3.8, 4) is 0 Å². The second-order valence-electron chi connectivity index (χ2n) is 4.82. The van der Waals surface area contributed by atoms with Gasteiger partial charge in [-0.25, -0.2) is 8.78 Å². The van der Waals surface area contributed by atoms with Gasteiger partial charge in [0.15, 0.2) is 0 Å². The maximum absolute atomic E-state index is 14.1. The van der Waals surface area contributed by atoms with Gasteiger partial charge >= 0.3 is 0 Å². The number of rotatable bonds is 4. The minimum Gasteiger partial charge on any atom is -0.378 e. The first-order valence-corrected chi connectivity index (χ1v) is 7.35. The summed E-state index contributed by atoms with van der Waals surface area (Å²) >= 11 is 3.10. The molecule has 2 rings (SSSR count). The van der Waals surface area contributed by atoms with Gasteiger partial charge in [0.25, 0.3) is 0 Å². The second-order valence-corrected chi connectivity index (χ2v) is 5.68. The molecule has 1 aliphatic heterocycles. The van der Waals surface area contributed by atoms with Crippen LogP contribution in [-0.4, -0.2) is 19.8 Å². The Bertz CT molecular complexity index is 436. The van der Waals surface area contributed by atoms with Crippen molar-refractivity contribution in [3.63, 3.8) is 0 Å². The second kappa shape index (κ2) is 6.77. The number of ether oxygens (including phenoxy) is 1. The van der Waals surface area contributed by atoms with Crippen molar-refractivity contribution in [3.05, 3.63) is 33.8 Å². The van der Waals surface area contributed by atoms with Gasteiger partial charge < -0.3 is 10.1 Å². The maximum atomic E-state index is 14.1. The molecule has 0 saturated carbocycles. The smallest absolute Gasteiger partial charge is 0.145 e. The van der Waals surface area contributed by atoms with Crippen molar-refractivity contribution in [2.75, 3.05) is 13.7 Å². The number of nitrogens with one attached hydrogen (secondary N) is 1. The Morgan fingerprint density at radius 1 is 1.42 bits per heavy atom. The average Bonchev–Trinajstić information content (AvgIpc) is 2.43. The summed E-state index contributed by atoms with van der Waals surface area (Å²) in [5.74, 6) is -1.05. The summed E-state index contributed by atoms with van der Waals surface area (Å²) < 4.78 is 33.9. The molecule has 1 aromatic rings. The molecule has 106 valence electrons. The third kappa shape index (κ3) is 3.52. The lowest BCUT2D eigenvalue weighted by atomic mass is 9.96. The molecule has 1 heterocycles. The van der Waals surface area contributed by atoms with Crippen LogP contribution in [0.25, 0.3) is 0 Å². The summed E-state index contributed by atoms with van der Waals surface area (Å²) in [5.41, 5.74) is 0.0889. The average molecular weight is 334 g/mol. The molecule has 1 aliphatic rings. The third-order valence-electron chi connectivity index (χ3n) is 3.55. The van der Waals surface area contributed by atoms with Crippen LogP contribution < -0.4 is 5.32 Å². The summed E-state index contributed by atoms with van der Waals surface area (Å²) in [6.07, 6.45) is 3.80. The van der Waals surface area contributed by atoms with E-state index in [1.807, 2.05) is 0 Å². The summed E-state index contributed by atoms with van der Waals surface area (Å²) in [7, 11) is 1.72. The van der Waals surface area contributed by atoms with E-state index in [1.165, 1.54) is 12.1 Å². The maximum Gasteiger partial charge on any atom is 0.145 e. The van der Waals surface area contributed by atoms with Gasteiger partial charge in [-0.2, -0.15) is 0 Å². The van der Waals surface area contributed by atoms with Crippen molar-refractivity contribution >= 4 is 15.9 Å². The zero-order valence-corrected chi connectivity index (χ0v) is 12.5. The molecule has 1 fully saturated rings. The lowest BCUT2D eigenvalue weighted by Gasteiger charge is -2.27. The predicted octanol–water partition coefficient (Wildman–Crippen LogP) is 3.95. The highest BCUT2D eigenvalue weighted by atomic mass is 79.9. The normalized spacial score (nSPS) is 21.4. The van der Waals surface area contributed by atoms with Crippen molar-refractivity contribution in [1.29, 1.82) is 0 Å². The van der Waals surface area contributed by atoms with Crippen LogP contribution in [0.3, 0.4) is 0 Å². The van der Waals surface area contributed by atoms with Crippen molar-refractivity contribution in [1.82, 2.24) is 5.32 Å². The zero-order valence-electron chi connectivity index (χ0n) is 10.9. The standard InChI is InChI=1S/C14H18BrF2NO/c1-18-12(8-9-4-2-3-7-19-9)13-11(16)6-5-10(15)14(13)17/h5-6,9,12,18H,2-4,7-8H2,1H3. The van der Waals surface area contributed by atoms with E-state index in [-0.39, 0.29) is 22.2 Å². The van der Waals surface area contributed by atoms with E-state index in [0.717, 1.165) is 25.9 Å². The largest absolute Gasteiger partial charge is 0.378 e. The molecule has 0 aromatic heterocycles. The molecule has 0 bridgehead atoms. The lowest BCUT2D eigenvalue weighted by Crippen LogP contribution is -2.28. The van der Waals surface area contributed by atoms with Crippen LogP contribution in [0.15, 0.2) is 16.6 Å². The van der Waals surface area contributed by atoms with Gasteiger partial charge in [-0.3, -0.25) is 0 Å². The third-order valence-corrected chi connectivity index (χ3v) is 4.16. The molecule has 1 aromatic carbocycles. The fourth-order valence-electron chi connectivity index (χ4n) is 2.50. The molecule has 2 nitrogen and oxygen atoms in total. The first-order chi connectivity index (χ1) is 9.13. The number of halogens is 3. The molecule has 0 radical (unpaired) electrons. The molecular formula is C14H18BrF2NO. The van der Waals surface area contributed by atoms with Crippen molar-refractivity contribution < 1.29 is 13.5 Å². The molecule has 1 saturated heterocycles. The highest BCUT2D eigenvalue weighted by molar-refractivity contribution is 9.10. The van der Waals surface area contributed by atoms with Crippen molar-refractivity contribution in [2.45, 2.75) is 37.8 Å². The molecule has 2 atom stereocenters. The van der Waals surface area contributed by atoms with Crippen LogP contribution in [0.1, 0.15) is 37.3 Å². The summed E-state index contributed by atoms with van der Waals surface area (Å²) in [4.78, 5) is 0. The molecule has 0 amide bonds. The Kier molecular flexibility index (Phi) is 5.30. The number of hydrogen-bond donors (Lipinski definition) is 1. The van der Waals surface area contributed by atoms with Gasteiger partial charge in [-0.05, 0) is 60.8 Å². The van der Waals surface area contributed by atoms with Crippen molar-refractivity contribution in [2.24, 2.45) is 0 Å². The Labute approximate surface area is 120 Å². The summed E-state index contributed by atoms with van der Waals surface area (Å²) in [6, 6.07) is 2.30. The number of hydrogen-bond acceptors (Lipinski definition) is 2. The summed E-state index contributed by atoms with van der Waals surface area (Å²) in [5, 5.41) is 2.99. The predicted molar refractivity (Wildman–Crippen MR) is 74.1 cm³/mol. The van der Waals surface area contributed by atoms with E-state index >= 15 is 0 Å². The van der Waals surface area contributed by atoms with Crippen LogP contribution in [0.5, 0.6) is 0 Å². The van der Waals surface area contributed by atoms with Gasteiger partial charge in [0.05, 0.1) is 10.6 Å². The Hall–Kier alpha value is -0.520. The minimum absolute atomic E-state index is 0.0731. The molecule has 0 spiro atoms. The minimum atomic E-state index is -0.532. The van der Waals surface area contributed by atoms with Gasteiger partial charge in [0.1, 0.15) is 11.6 Å². The van der Waals surface area contributed by atoms with Crippen LogP contribution in [-0.2, 0) is 4.74 Å². The Morgan fingerprint density at radius 2 is 2.21 bits per heavy atom. The Balaban J connectivity index is 2.19. The van der Waals surface area contributed by atoms with E-state index < -0.39 is 11.6 Å². The fraction of sp³-hybridized carbons (Fsp3) is 0.571. The first kappa shape index (κ1) is 14.9. The molecule has 5 heteroatoms. The van der Waals surface area contributed by atoms with Crippen LogP contribution in [0.4, 0.5) is 8.78 Å². The van der Waals surface area contributed by atoms with Gasteiger partial charge in [0, 0.05) is 18.2 Å². The van der Waals surface area contributed by atoms with Crippen LogP contribution >= 0.6 is 15.9 Å². The monoisotopic (exact) mass is 333 g/mol. The van der Waals surface area contributed by atoms with Gasteiger partial charge in [-0.1, -0.05) is 0 Å². The van der Waals surface area contributed by atoms with Crippen LogP contribution in [0, 0.1) is 11.6 Å². The van der Waals surface area contributed by atoms with Gasteiger partial charge in [0.2, 0.25) is 0 Å². The van der Waals surface area contributed by atoms with E-state index in [9.17, 15) is 8.78 Å². The lowest BCUT2D eigenvalue weighted by molar-refractivity contribution is 0.00509. The Morgan fingerprint density at radius 3 is 2.84 bits per heavy atom.